The molecule has 0 N–H and O–H groups in total. The minimum absolute atomic E-state index is 0.327. The first-order chi connectivity index (χ1) is 7.35. The third-order valence-electron chi connectivity index (χ3n) is 1.94. The van der Waals surface area contributed by atoms with Crippen LogP contribution in [0.3, 0.4) is 0 Å². The van der Waals surface area contributed by atoms with Crippen LogP contribution in [0.5, 0.6) is 0 Å². The molecule has 2 rings (SSSR count). The summed E-state index contributed by atoms with van der Waals surface area (Å²) >= 11 is 0. The Balaban J connectivity index is 2.56. The van der Waals surface area contributed by atoms with Crippen LogP contribution in [-0.4, -0.2) is 4.98 Å². The van der Waals surface area contributed by atoms with Crippen molar-refractivity contribution in [3.05, 3.63) is 41.8 Å². The maximum Gasteiger partial charge on any atom is 0.225 e. The molecule has 0 aliphatic carbocycles. The van der Waals surface area contributed by atoms with E-state index >= 15 is 0 Å². The van der Waals surface area contributed by atoms with E-state index in [0.717, 1.165) is 0 Å². The van der Waals surface area contributed by atoms with Crippen LogP contribution < -0.4 is 0 Å². The molecular weight excluding hydrogens is 190 g/mol. The maximum atomic E-state index is 8.82. The van der Waals surface area contributed by atoms with Gasteiger partial charge in [0.05, 0.1) is 17.3 Å². The van der Waals surface area contributed by atoms with E-state index in [2.05, 4.69) is 4.98 Å². The van der Waals surface area contributed by atoms with Crippen molar-refractivity contribution in [2.24, 2.45) is 0 Å². The van der Waals surface area contributed by atoms with E-state index in [1.165, 1.54) is 12.5 Å². The van der Waals surface area contributed by atoms with Crippen LogP contribution >= 0.6 is 0 Å². The molecular formula is C11H5N3O. The van der Waals surface area contributed by atoms with E-state index in [4.69, 9.17) is 14.9 Å². The summed E-state index contributed by atoms with van der Waals surface area (Å²) < 4.78 is 5.09. The van der Waals surface area contributed by atoms with Gasteiger partial charge in [-0.1, -0.05) is 0 Å². The first kappa shape index (κ1) is 8.98. The molecule has 0 unspecified atom stereocenters. The fourth-order valence-electron chi connectivity index (χ4n) is 1.23. The molecule has 0 aliphatic rings. The van der Waals surface area contributed by atoms with E-state index in [0.29, 0.717) is 22.6 Å². The van der Waals surface area contributed by atoms with E-state index < -0.39 is 0 Å². The van der Waals surface area contributed by atoms with Gasteiger partial charge in [-0.2, -0.15) is 10.5 Å². The van der Waals surface area contributed by atoms with Crippen LogP contribution in [0.2, 0.25) is 0 Å². The third kappa shape index (κ3) is 1.56. The number of oxazole rings is 1. The van der Waals surface area contributed by atoms with Gasteiger partial charge in [0.15, 0.2) is 0 Å². The summed E-state index contributed by atoms with van der Waals surface area (Å²) in [5.41, 5.74) is 1.37. The summed E-state index contributed by atoms with van der Waals surface area (Å²) in [4.78, 5) is 3.96. The minimum atomic E-state index is 0.327. The number of rotatable bonds is 1. The summed E-state index contributed by atoms with van der Waals surface area (Å²) in [7, 11) is 0. The maximum absolute atomic E-state index is 8.82. The molecule has 70 valence electrons. The van der Waals surface area contributed by atoms with Crippen molar-refractivity contribution in [1.29, 1.82) is 10.5 Å². The Morgan fingerprint density at radius 2 is 1.93 bits per heavy atom. The standard InChI is InChI=1S/C11H5N3O/c12-6-9-2-1-8(5-10(9)7-13)11-14-3-4-15-11/h1-5H. The molecule has 15 heavy (non-hydrogen) atoms. The van der Waals surface area contributed by atoms with E-state index in [1.54, 1.807) is 18.2 Å². The van der Waals surface area contributed by atoms with Crippen LogP contribution in [0, 0.1) is 22.7 Å². The largest absolute Gasteiger partial charge is 0.445 e. The normalized spacial score (nSPS) is 9.20. The Hall–Kier alpha value is -2.59. The van der Waals surface area contributed by atoms with Gasteiger partial charge in [-0.3, -0.25) is 0 Å². The van der Waals surface area contributed by atoms with Crippen molar-refractivity contribution in [2.45, 2.75) is 0 Å². The minimum Gasteiger partial charge on any atom is -0.445 e. The number of hydrogen-bond acceptors (Lipinski definition) is 4. The van der Waals surface area contributed by atoms with Gasteiger partial charge in [0.25, 0.3) is 0 Å². The molecule has 0 radical (unpaired) electrons. The summed E-state index contributed by atoms with van der Waals surface area (Å²) in [6.45, 7) is 0. The zero-order chi connectivity index (χ0) is 10.7. The van der Waals surface area contributed by atoms with Crippen molar-refractivity contribution in [3.63, 3.8) is 0 Å². The van der Waals surface area contributed by atoms with Crippen LogP contribution in [0.15, 0.2) is 35.1 Å². The Labute approximate surface area is 86.0 Å². The molecule has 0 amide bonds. The number of benzene rings is 1. The Kier molecular flexibility index (Phi) is 2.19. The Bertz CT molecular complexity index is 559. The fourth-order valence-corrected chi connectivity index (χ4v) is 1.23. The molecule has 1 heterocycles. The van der Waals surface area contributed by atoms with Crippen molar-refractivity contribution >= 4 is 0 Å². The van der Waals surface area contributed by atoms with Gasteiger partial charge < -0.3 is 4.42 Å². The summed E-state index contributed by atoms with van der Waals surface area (Å²) in [6.07, 6.45) is 2.99. The molecule has 2 aromatic rings. The molecule has 0 fully saturated rings. The Morgan fingerprint density at radius 3 is 2.53 bits per heavy atom. The molecule has 4 nitrogen and oxygen atoms in total. The first-order valence-corrected chi connectivity index (χ1v) is 4.19. The van der Waals surface area contributed by atoms with Gasteiger partial charge in [0, 0.05) is 5.56 Å². The molecule has 1 aromatic heterocycles. The number of nitriles is 2. The Morgan fingerprint density at radius 1 is 1.13 bits per heavy atom. The molecule has 0 saturated carbocycles. The average Bonchev–Trinajstić information content (AvgIpc) is 2.81. The number of aromatic nitrogens is 1. The topological polar surface area (TPSA) is 73.6 Å². The van der Waals surface area contributed by atoms with Crippen LogP contribution in [0.4, 0.5) is 0 Å². The van der Waals surface area contributed by atoms with E-state index in [1.807, 2.05) is 12.1 Å². The number of nitrogens with zero attached hydrogens (tertiary/aromatic N) is 3. The van der Waals surface area contributed by atoms with Crippen LogP contribution in [0.25, 0.3) is 11.5 Å². The highest BCUT2D eigenvalue weighted by molar-refractivity contribution is 5.60. The molecule has 0 atom stereocenters. The highest BCUT2D eigenvalue weighted by Crippen LogP contribution is 2.20. The molecule has 0 saturated heterocycles. The first-order valence-electron chi connectivity index (χ1n) is 4.19. The zero-order valence-electron chi connectivity index (χ0n) is 7.64. The average molecular weight is 195 g/mol. The smallest absolute Gasteiger partial charge is 0.225 e. The zero-order valence-corrected chi connectivity index (χ0v) is 7.64. The second-order valence-electron chi connectivity index (χ2n) is 2.82. The van der Waals surface area contributed by atoms with Gasteiger partial charge >= 0.3 is 0 Å². The lowest BCUT2D eigenvalue weighted by atomic mass is 10.1. The fraction of sp³-hybridized carbons (Fsp3) is 0. The predicted octanol–water partition coefficient (Wildman–Crippen LogP) is 2.08. The third-order valence-corrected chi connectivity index (χ3v) is 1.94. The highest BCUT2D eigenvalue weighted by atomic mass is 16.3. The van der Waals surface area contributed by atoms with Crippen LogP contribution in [0.1, 0.15) is 11.1 Å². The number of hydrogen-bond donors (Lipinski definition) is 0. The van der Waals surface area contributed by atoms with Gasteiger partial charge in [-0.25, -0.2) is 4.98 Å². The van der Waals surface area contributed by atoms with Gasteiger partial charge in [0.2, 0.25) is 5.89 Å². The van der Waals surface area contributed by atoms with Gasteiger partial charge in [0.1, 0.15) is 18.4 Å². The second-order valence-corrected chi connectivity index (χ2v) is 2.82. The van der Waals surface area contributed by atoms with Crippen LogP contribution in [-0.2, 0) is 0 Å². The lowest BCUT2D eigenvalue weighted by molar-refractivity contribution is 0.574. The SMILES string of the molecule is N#Cc1ccc(-c2ncco2)cc1C#N. The van der Waals surface area contributed by atoms with E-state index in [-0.39, 0.29) is 0 Å². The van der Waals surface area contributed by atoms with E-state index in [9.17, 15) is 0 Å². The van der Waals surface area contributed by atoms with Crippen molar-refractivity contribution in [3.8, 4) is 23.6 Å². The quantitative estimate of drug-likeness (QED) is 0.698. The molecule has 0 spiro atoms. The van der Waals surface area contributed by atoms with Crippen molar-refractivity contribution in [2.75, 3.05) is 0 Å². The molecule has 1 aromatic carbocycles. The summed E-state index contributed by atoms with van der Waals surface area (Å²) in [5, 5.41) is 17.6. The molecule has 4 heteroatoms. The summed E-state index contributed by atoms with van der Waals surface area (Å²) in [5.74, 6) is 0.441. The highest BCUT2D eigenvalue weighted by Gasteiger charge is 2.06. The predicted molar refractivity (Wildman–Crippen MR) is 51.4 cm³/mol. The monoisotopic (exact) mass is 195 g/mol. The van der Waals surface area contributed by atoms with Gasteiger partial charge in [-0.15, -0.1) is 0 Å². The lowest BCUT2D eigenvalue weighted by Gasteiger charge is -1.97. The molecule has 0 bridgehead atoms. The second kappa shape index (κ2) is 3.65. The lowest BCUT2D eigenvalue weighted by Crippen LogP contribution is -1.85. The molecule has 0 aliphatic heterocycles. The summed E-state index contributed by atoms with van der Waals surface area (Å²) in [6, 6.07) is 8.77. The van der Waals surface area contributed by atoms with Gasteiger partial charge in [-0.05, 0) is 18.2 Å². The van der Waals surface area contributed by atoms with Crippen molar-refractivity contribution in [1.82, 2.24) is 4.98 Å². The van der Waals surface area contributed by atoms with Crippen molar-refractivity contribution < 1.29 is 4.42 Å².